The Morgan fingerprint density at radius 1 is 1.00 bits per heavy atom. The Morgan fingerprint density at radius 3 is 2.29 bits per heavy atom. The summed E-state index contributed by atoms with van der Waals surface area (Å²) in [6.45, 7) is 0.466. The fourth-order valence-corrected chi connectivity index (χ4v) is 3.56. The summed E-state index contributed by atoms with van der Waals surface area (Å²) < 4.78 is 22.6. The van der Waals surface area contributed by atoms with Gasteiger partial charge in [0.15, 0.2) is 12.6 Å². The first-order valence-corrected chi connectivity index (χ1v) is 10.1. The average molecular weight is 443 g/mol. The lowest BCUT2D eigenvalue weighted by Gasteiger charge is -2.43. The number of carbonyl (C=O) groups excluding carboxylic acids is 1. The molecule has 2 aliphatic rings. The standard InChI is InChI=1S/C20H29NO10/c1-10(24)21-11-2-4-12(5-3-11)28-16-7-6-13(14(8-22)29-16)30-20-19(27)18(26)17(25)15(9-23)31-20/h2-5,13-20,22-23,25-27H,6-9H2,1H3,(H,21,24)/t13?,14-,15-,16+,17-,18+,19-,20+/m1/s1. The molecule has 0 radical (unpaired) electrons. The van der Waals surface area contributed by atoms with Crippen LogP contribution in [0.3, 0.4) is 0 Å². The largest absolute Gasteiger partial charge is 0.465 e. The normalized spacial score (nSPS) is 36.1. The number of benzene rings is 1. The van der Waals surface area contributed by atoms with E-state index in [0.29, 0.717) is 24.3 Å². The second-order valence-electron chi connectivity index (χ2n) is 7.56. The molecule has 0 saturated carbocycles. The van der Waals surface area contributed by atoms with Gasteiger partial charge in [-0.1, -0.05) is 0 Å². The number of ether oxygens (including phenoxy) is 4. The predicted molar refractivity (Wildman–Crippen MR) is 105 cm³/mol. The first kappa shape index (κ1) is 23.8. The van der Waals surface area contributed by atoms with Gasteiger partial charge in [0.1, 0.15) is 36.3 Å². The molecule has 0 bridgehead atoms. The second-order valence-corrected chi connectivity index (χ2v) is 7.56. The minimum absolute atomic E-state index is 0.180. The van der Waals surface area contributed by atoms with E-state index in [1.807, 2.05) is 0 Å². The summed E-state index contributed by atoms with van der Waals surface area (Å²) in [5.74, 6) is 0.338. The number of amides is 1. The zero-order valence-electron chi connectivity index (χ0n) is 17.0. The lowest BCUT2D eigenvalue weighted by molar-refractivity contribution is -0.329. The fourth-order valence-electron chi connectivity index (χ4n) is 3.56. The highest BCUT2D eigenvalue weighted by molar-refractivity contribution is 5.88. The Labute approximate surface area is 179 Å². The zero-order valence-corrected chi connectivity index (χ0v) is 17.0. The van der Waals surface area contributed by atoms with E-state index in [9.17, 15) is 30.3 Å². The van der Waals surface area contributed by atoms with Crippen LogP contribution in [0.1, 0.15) is 19.8 Å². The van der Waals surface area contributed by atoms with E-state index >= 15 is 0 Å². The molecule has 0 aromatic heterocycles. The van der Waals surface area contributed by atoms with Gasteiger partial charge in [-0.2, -0.15) is 0 Å². The lowest BCUT2D eigenvalue weighted by Crippen LogP contribution is -2.60. The number of carbonyl (C=O) groups is 1. The van der Waals surface area contributed by atoms with E-state index in [1.165, 1.54) is 6.92 Å². The molecule has 6 N–H and O–H groups in total. The summed E-state index contributed by atoms with van der Waals surface area (Å²) >= 11 is 0. The van der Waals surface area contributed by atoms with Gasteiger partial charge >= 0.3 is 0 Å². The van der Waals surface area contributed by atoms with Gasteiger partial charge in [0.25, 0.3) is 0 Å². The van der Waals surface area contributed by atoms with Gasteiger partial charge in [0.2, 0.25) is 5.91 Å². The summed E-state index contributed by atoms with van der Waals surface area (Å²) in [5.41, 5.74) is 0.630. The van der Waals surface area contributed by atoms with Gasteiger partial charge in [-0.05, 0) is 30.7 Å². The number of aliphatic hydroxyl groups excluding tert-OH is 5. The molecule has 0 spiro atoms. The van der Waals surface area contributed by atoms with Gasteiger partial charge in [-0.15, -0.1) is 0 Å². The lowest BCUT2D eigenvalue weighted by atomic mass is 9.99. The first-order chi connectivity index (χ1) is 14.8. The van der Waals surface area contributed by atoms with E-state index in [4.69, 9.17) is 18.9 Å². The number of nitrogens with one attached hydrogen (secondary N) is 1. The zero-order chi connectivity index (χ0) is 22.5. The highest BCUT2D eigenvalue weighted by Gasteiger charge is 2.46. The maximum atomic E-state index is 11.1. The monoisotopic (exact) mass is 443 g/mol. The van der Waals surface area contributed by atoms with Crippen LogP contribution in [0.15, 0.2) is 24.3 Å². The van der Waals surface area contributed by atoms with Crippen molar-refractivity contribution in [2.24, 2.45) is 0 Å². The minimum atomic E-state index is -1.55. The summed E-state index contributed by atoms with van der Waals surface area (Å²) in [6, 6.07) is 6.74. The molecule has 2 aliphatic heterocycles. The molecular weight excluding hydrogens is 414 g/mol. The maximum absolute atomic E-state index is 11.1. The molecule has 8 atom stereocenters. The molecule has 3 rings (SSSR count). The Balaban J connectivity index is 1.56. The molecule has 31 heavy (non-hydrogen) atoms. The summed E-state index contributed by atoms with van der Waals surface area (Å²) in [7, 11) is 0. The van der Waals surface area contributed by atoms with Gasteiger partial charge in [-0.25, -0.2) is 0 Å². The maximum Gasteiger partial charge on any atom is 0.221 e. The van der Waals surface area contributed by atoms with Gasteiger partial charge in [0.05, 0.1) is 19.3 Å². The fraction of sp³-hybridized carbons (Fsp3) is 0.650. The topological polar surface area (TPSA) is 167 Å². The van der Waals surface area contributed by atoms with Crippen molar-refractivity contribution in [2.75, 3.05) is 18.5 Å². The van der Waals surface area contributed by atoms with Crippen molar-refractivity contribution in [3.05, 3.63) is 24.3 Å². The molecule has 1 aromatic carbocycles. The SMILES string of the molecule is CC(=O)Nc1ccc(O[C@@H]2CCC(O[C@H]3O[C@H](CO)[C@@H](O)[C@H](O)[C@H]3O)[C@@H](CO)O2)cc1. The Kier molecular flexibility index (Phi) is 8.19. The minimum Gasteiger partial charge on any atom is -0.465 e. The van der Waals surface area contributed by atoms with Gasteiger partial charge in [0, 0.05) is 19.0 Å². The van der Waals surface area contributed by atoms with Crippen molar-refractivity contribution >= 4 is 11.6 Å². The third-order valence-electron chi connectivity index (χ3n) is 5.21. The van der Waals surface area contributed by atoms with E-state index in [-0.39, 0.29) is 12.5 Å². The smallest absolute Gasteiger partial charge is 0.221 e. The third kappa shape index (κ3) is 5.90. The number of aliphatic hydroxyl groups is 5. The van der Waals surface area contributed by atoms with Crippen molar-refractivity contribution in [3.8, 4) is 5.75 Å². The van der Waals surface area contributed by atoms with Crippen LogP contribution in [-0.4, -0.2) is 93.9 Å². The molecule has 2 fully saturated rings. The van der Waals surface area contributed by atoms with Crippen LogP contribution in [0.2, 0.25) is 0 Å². The Hall–Kier alpha value is -1.83. The summed E-state index contributed by atoms with van der Waals surface area (Å²) in [6.07, 6.45) is -8.27. The van der Waals surface area contributed by atoms with Crippen molar-refractivity contribution in [3.63, 3.8) is 0 Å². The van der Waals surface area contributed by atoms with Crippen molar-refractivity contribution in [1.82, 2.24) is 0 Å². The number of hydrogen-bond acceptors (Lipinski definition) is 10. The second kappa shape index (κ2) is 10.7. The van der Waals surface area contributed by atoms with E-state index in [0.717, 1.165) is 0 Å². The summed E-state index contributed by atoms with van der Waals surface area (Å²) in [4.78, 5) is 11.1. The number of hydrogen-bond donors (Lipinski definition) is 6. The van der Waals surface area contributed by atoms with Gasteiger partial charge < -0.3 is 49.8 Å². The molecule has 174 valence electrons. The highest BCUT2D eigenvalue weighted by atomic mass is 16.7. The molecule has 1 aromatic rings. The van der Waals surface area contributed by atoms with Crippen LogP contribution in [0.25, 0.3) is 0 Å². The van der Waals surface area contributed by atoms with Crippen LogP contribution in [0.4, 0.5) is 5.69 Å². The highest BCUT2D eigenvalue weighted by Crippen LogP contribution is 2.29. The van der Waals surface area contributed by atoms with Crippen LogP contribution in [-0.2, 0) is 19.0 Å². The molecule has 11 heteroatoms. The third-order valence-corrected chi connectivity index (χ3v) is 5.21. The molecule has 0 aliphatic carbocycles. The van der Waals surface area contributed by atoms with Crippen LogP contribution in [0.5, 0.6) is 5.75 Å². The molecule has 11 nitrogen and oxygen atoms in total. The van der Waals surface area contributed by atoms with Crippen LogP contribution < -0.4 is 10.1 Å². The van der Waals surface area contributed by atoms with E-state index < -0.39 is 55.8 Å². The predicted octanol–water partition coefficient (Wildman–Crippen LogP) is -1.29. The molecular formula is C20H29NO10. The number of rotatable bonds is 7. The number of anilines is 1. The van der Waals surface area contributed by atoms with Crippen molar-refractivity contribution < 1.29 is 49.3 Å². The Morgan fingerprint density at radius 2 is 1.68 bits per heavy atom. The van der Waals surface area contributed by atoms with Crippen LogP contribution >= 0.6 is 0 Å². The Bertz CT molecular complexity index is 714. The van der Waals surface area contributed by atoms with E-state index in [2.05, 4.69) is 5.32 Å². The van der Waals surface area contributed by atoms with Crippen LogP contribution in [0, 0.1) is 0 Å². The average Bonchev–Trinajstić information content (AvgIpc) is 2.76. The molecule has 2 heterocycles. The molecule has 1 unspecified atom stereocenters. The van der Waals surface area contributed by atoms with Crippen molar-refractivity contribution in [2.45, 2.75) is 69.0 Å². The van der Waals surface area contributed by atoms with Crippen molar-refractivity contribution in [1.29, 1.82) is 0 Å². The van der Waals surface area contributed by atoms with E-state index in [1.54, 1.807) is 24.3 Å². The quantitative estimate of drug-likeness (QED) is 0.298. The molecule has 1 amide bonds. The first-order valence-electron chi connectivity index (χ1n) is 10.1. The molecule has 2 saturated heterocycles. The van der Waals surface area contributed by atoms with Gasteiger partial charge in [-0.3, -0.25) is 4.79 Å². The summed E-state index contributed by atoms with van der Waals surface area (Å²) in [5, 5.41) is 51.6.